The maximum absolute atomic E-state index is 13.2. The monoisotopic (exact) mass is 387 g/mol. The number of rotatable bonds is 2. The molecule has 5 atom stereocenters. The van der Waals surface area contributed by atoms with Gasteiger partial charge in [-0.3, -0.25) is 0 Å². The van der Waals surface area contributed by atoms with Crippen LogP contribution in [0.1, 0.15) is 58.3 Å². The average Bonchev–Trinajstić information content (AvgIpc) is 3.29. The molecule has 1 heterocycles. The molecule has 2 bridgehead atoms. The maximum atomic E-state index is 13.2. The van der Waals surface area contributed by atoms with Crippen LogP contribution in [0.4, 0.5) is 18.9 Å². The molecule has 2 N–H and O–H groups in total. The second-order valence-electron chi connectivity index (χ2n) is 8.29. The van der Waals surface area contributed by atoms with Crippen molar-refractivity contribution in [3.8, 4) is 0 Å². The third-order valence-electron chi connectivity index (χ3n) is 6.91. The fourth-order valence-corrected chi connectivity index (χ4v) is 5.86. The molecule has 28 heavy (non-hydrogen) atoms. The normalized spacial score (nSPS) is 30.5. The van der Waals surface area contributed by atoms with E-state index < -0.39 is 17.7 Å². The van der Waals surface area contributed by atoms with Crippen LogP contribution in [0.5, 0.6) is 0 Å². The summed E-state index contributed by atoms with van der Waals surface area (Å²) in [5.41, 5.74) is 2.16. The fourth-order valence-electron chi connectivity index (χ4n) is 5.86. The zero-order chi connectivity index (χ0) is 19.6. The van der Waals surface area contributed by atoms with Crippen molar-refractivity contribution < 1.29 is 23.1 Å². The number of carboxylic acids is 1. The molecule has 3 aliphatic rings. The van der Waals surface area contributed by atoms with Gasteiger partial charge in [0.05, 0.1) is 17.2 Å². The molecule has 1 aliphatic heterocycles. The van der Waals surface area contributed by atoms with E-state index in [2.05, 4.69) is 5.32 Å². The van der Waals surface area contributed by atoms with Gasteiger partial charge in [-0.05, 0) is 84.4 Å². The van der Waals surface area contributed by atoms with Gasteiger partial charge in [-0.2, -0.15) is 13.2 Å². The standard InChI is InChI=1S/C22H20F3NO2/c23-22(24,25)15-3-1-2-13(9-15)20-19-12-5-4-11(8-12)18(19)16-10-14(21(27)28)6-7-17(16)26-20/h1-3,6-7,9-12,18-20,26H,4-5,8H2,(H,27,28)/t11-,12-,18+,19+,20+/m0/s1. The van der Waals surface area contributed by atoms with Crippen LogP contribution < -0.4 is 5.32 Å². The summed E-state index contributed by atoms with van der Waals surface area (Å²) in [5.74, 6) is 0.381. The predicted molar refractivity (Wildman–Crippen MR) is 98.3 cm³/mol. The summed E-state index contributed by atoms with van der Waals surface area (Å²) in [6.07, 6.45) is -1.09. The number of hydrogen-bond donors (Lipinski definition) is 2. The van der Waals surface area contributed by atoms with Crippen LogP contribution in [0.25, 0.3) is 0 Å². The van der Waals surface area contributed by atoms with Gasteiger partial charge in [0.2, 0.25) is 0 Å². The minimum atomic E-state index is -4.37. The van der Waals surface area contributed by atoms with Crippen molar-refractivity contribution in [2.75, 3.05) is 5.32 Å². The maximum Gasteiger partial charge on any atom is 0.416 e. The van der Waals surface area contributed by atoms with E-state index in [4.69, 9.17) is 0 Å². The van der Waals surface area contributed by atoms with E-state index in [0.717, 1.165) is 36.6 Å². The number of carboxylic acid groups (broad SMARTS) is 1. The lowest BCUT2D eigenvalue weighted by molar-refractivity contribution is -0.137. The fraction of sp³-hybridized carbons (Fsp3) is 0.409. The van der Waals surface area contributed by atoms with Crippen LogP contribution in [0, 0.1) is 17.8 Å². The quantitative estimate of drug-likeness (QED) is 0.695. The summed E-state index contributed by atoms with van der Waals surface area (Å²) in [6, 6.07) is 10.5. The van der Waals surface area contributed by atoms with Crippen LogP contribution in [0.2, 0.25) is 0 Å². The molecule has 2 aliphatic carbocycles. The smallest absolute Gasteiger partial charge is 0.416 e. The number of fused-ring (bicyclic) bond motifs is 7. The van der Waals surface area contributed by atoms with Crippen molar-refractivity contribution in [1.29, 1.82) is 0 Å². The molecular weight excluding hydrogens is 367 g/mol. The summed E-state index contributed by atoms with van der Waals surface area (Å²) >= 11 is 0. The van der Waals surface area contributed by atoms with Gasteiger partial charge >= 0.3 is 12.1 Å². The van der Waals surface area contributed by atoms with Gasteiger partial charge in [-0.1, -0.05) is 12.1 Å². The van der Waals surface area contributed by atoms with Crippen molar-refractivity contribution in [3.63, 3.8) is 0 Å². The van der Waals surface area contributed by atoms with Crippen molar-refractivity contribution in [1.82, 2.24) is 0 Å². The lowest BCUT2D eigenvalue weighted by Crippen LogP contribution is -2.35. The van der Waals surface area contributed by atoms with Crippen molar-refractivity contribution in [2.45, 2.75) is 37.4 Å². The van der Waals surface area contributed by atoms with E-state index in [-0.39, 0.29) is 23.4 Å². The van der Waals surface area contributed by atoms with Crippen LogP contribution >= 0.6 is 0 Å². The molecule has 0 amide bonds. The van der Waals surface area contributed by atoms with E-state index in [1.54, 1.807) is 24.3 Å². The second kappa shape index (κ2) is 6.00. The number of hydrogen-bond acceptors (Lipinski definition) is 2. The minimum Gasteiger partial charge on any atom is -0.478 e. The number of aromatic carboxylic acids is 1. The highest BCUT2D eigenvalue weighted by Crippen LogP contribution is 2.63. The van der Waals surface area contributed by atoms with Gasteiger partial charge in [0.15, 0.2) is 0 Å². The van der Waals surface area contributed by atoms with E-state index >= 15 is 0 Å². The Morgan fingerprint density at radius 2 is 1.86 bits per heavy atom. The Morgan fingerprint density at radius 3 is 2.61 bits per heavy atom. The zero-order valence-electron chi connectivity index (χ0n) is 15.0. The highest BCUT2D eigenvalue weighted by atomic mass is 19.4. The average molecular weight is 387 g/mol. The Balaban J connectivity index is 1.61. The van der Waals surface area contributed by atoms with E-state index in [9.17, 15) is 23.1 Å². The van der Waals surface area contributed by atoms with Gasteiger partial charge < -0.3 is 10.4 Å². The molecule has 146 valence electrons. The molecule has 0 radical (unpaired) electrons. The van der Waals surface area contributed by atoms with Crippen molar-refractivity contribution >= 4 is 11.7 Å². The lowest BCUT2D eigenvalue weighted by Gasteiger charge is -2.43. The van der Waals surface area contributed by atoms with Crippen LogP contribution in [-0.4, -0.2) is 11.1 Å². The summed E-state index contributed by atoms with van der Waals surface area (Å²) < 4.78 is 39.7. The van der Waals surface area contributed by atoms with Gasteiger partial charge in [0.1, 0.15) is 0 Å². The topological polar surface area (TPSA) is 49.3 Å². The zero-order valence-corrected chi connectivity index (χ0v) is 15.0. The molecule has 6 heteroatoms. The molecule has 2 aromatic carbocycles. The Morgan fingerprint density at radius 1 is 1.07 bits per heavy atom. The number of nitrogens with one attached hydrogen (secondary N) is 1. The molecule has 3 nitrogen and oxygen atoms in total. The van der Waals surface area contributed by atoms with Crippen LogP contribution in [0.15, 0.2) is 42.5 Å². The number of anilines is 1. The summed E-state index contributed by atoms with van der Waals surface area (Å²) in [5, 5.41) is 12.8. The largest absolute Gasteiger partial charge is 0.478 e. The first-order valence-electron chi connectivity index (χ1n) is 9.64. The van der Waals surface area contributed by atoms with Gasteiger partial charge in [-0.25, -0.2) is 4.79 Å². The Bertz CT molecular complexity index is 955. The van der Waals surface area contributed by atoms with Gasteiger partial charge in [0, 0.05) is 5.69 Å². The molecule has 2 aromatic rings. The second-order valence-corrected chi connectivity index (χ2v) is 8.29. The van der Waals surface area contributed by atoms with Crippen LogP contribution in [0.3, 0.4) is 0 Å². The Hall–Kier alpha value is -2.50. The highest BCUT2D eigenvalue weighted by molar-refractivity contribution is 5.88. The molecular formula is C22H20F3NO2. The molecule has 0 saturated heterocycles. The molecule has 2 saturated carbocycles. The van der Waals surface area contributed by atoms with Gasteiger partial charge in [-0.15, -0.1) is 0 Å². The van der Waals surface area contributed by atoms with Gasteiger partial charge in [0.25, 0.3) is 0 Å². The lowest BCUT2D eigenvalue weighted by atomic mass is 9.68. The first kappa shape index (κ1) is 17.6. The first-order chi connectivity index (χ1) is 13.3. The minimum absolute atomic E-state index is 0.189. The van der Waals surface area contributed by atoms with Crippen LogP contribution in [-0.2, 0) is 6.18 Å². The Labute approximate surface area is 160 Å². The summed E-state index contributed by atoms with van der Waals surface area (Å²) in [4.78, 5) is 11.4. The summed E-state index contributed by atoms with van der Waals surface area (Å²) in [6.45, 7) is 0. The predicted octanol–water partition coefficient (Wildman–Crippen LogP) is 5.70. The third kappa shape index (κ3) is 2.61. The number of benzene rings is 2. The number of carbonyl (C=O) groups is 1. The molecule has 0 unspecified atom stereocenters. The van der Waals surface area contributed by atoms with E-state index in [1.807, 2.05) is 0 Å². The van der Waals surface area contributed by atoms with Crippen molar-refractivity contribution in [3.05, 3.63) is 64.7 Å². The Kier molecular flexibility index (Phi) is 3.77. The SMILES string of the molecule is O=C(O)c1ccc2c(c1)[C@H]1[C@H]3CC[C@@H](C3)[C@H]1[C@@H](c1cccc(C(F)(F)F)c1)N2. The summed E-state index contributed by atoms with van der Waals surface area (Å²) in [7, 11) is 0. The van der Waals surface area contributed by atoms with Crippen molar-refractivity contribution in [2.24, 2.45) is 17.8 Å². The molecule has 0 aromatic heterocycles. The van der Waals surface area contributed by atoms with E-state index in [1.165, 1.54) is 12.1 Å². The molecule has 0 spiro atoms. The first-order valence-corrected chi connectivity index (χ1v) is 9.64. The van der Waals surface area contributed by atoms with E-state index in [0.29, 0.717) is 17.4 Å². The number of alkyl halides is 3. The molecule has 5 rings (SSSR count). The third-order valence-corrected chi connectivity index (χ3v) is 6.91. The highest BCUT2D eigenvalue weighted by Gasteiger charge is 2.54. The number of halogens is 3. The molecule has 2 fully saturated rings.